The van der Waals surface area contributed by atoms with E-state index in [0.717, 1.165) is 12.0 Å². The molecule has 0 heterocycles. The first-order chi connectivity index (χ1) is 9.51. The number of amidine groups is 1. The fourth-order valence-electron chi connectivity index (χ4n) is 1.98. The lowest BCUT2D eigenvalue weighted by Gasteiger charge is -2.23. The van der Waals surface area contributed by atoms with Gasteiger partial charge in [-0.2, -0.15) is 0 Å². The highest BCUT2D eigenvalue weighted by molar-refractivity contribution is 6.31. The SMILES string of the molecule is CCCC(C(=O)N(C)Cc1ccccc1Cl)C(N)=NO. The van der Waals surface area contributed by atoms with Crippen molar-refractivity contribution in [3.05, 3.63) is 34.9 Å². The predicted octanol–water partition coefficient (Wildman–Crippen LogP) is 2.46. The molecule has 0 aromatic heterocycles. The van der Waals surface area contributed by atoms with E-state index in [1.54, 1.807) is 18.0 Å². The molecule has 5 nitrogen and oxygen atoms in total. The van der Waals surface area contributed by atoms with E-state index in [4.69, 9.17) is 22.5 Å². The molecule has 1 unspecified atom stereocenters. The molecule has 1 aromatic carbocycles. The molecule has 0 saturated heterocycles. The standard InChI is InChI=1S/C14H20ClN3O2/c1-3-6-11(13(16)17-20)14(19)18(2)9-10-7-4-5-8-12(10)15/h4-5,7-8,11,20H,3,6,9H2,1-2H3,(H2,16,17). The van der Waals surface area contributed by atoms with Gasteiger partial charge in [0, 0.05) is 18.6 Å². The molecule has 3 N–H and O–H groups in total. The monoisotopic (exact) mass is 297 g/mol. The third kappa shape index (κ3) is 4.13. The van der Waals surface area contributed by atoms with E-state index in [1.165, 1.54) is 0 Å². The first-order valence-electron chi connectivity index (χ1n) is 6.47. The van der Waals surface area contributed by atoms with Gasteiger partial charge in [-0.05, 0) is 18.1 Å². The van der Waals surface area contributed by atoms with E-state index >= 15 is 0 Å². The fourth-order valence-corrected chi connectivity index (χ4v) is 2.18. The Morgan fingerprint density at radius 3 is 2.70 bits per heavy atom. The van der Waals surface area contributed by atoms with Crippen molar-refractivity contribution < 1.29 is 10.0 Å². The van der Waals surface area contributed by atoms with E-state index in [-0.39, 0.29) is 11.7 Å². The second-order valence-electron chi connectivity index (χ2n) is 4.65. The van der Waals surface area contributed by atoms with Crippen molar-refractivity contribution in [1.29, 1.82) is 0 Å². The lowest BCUT2D eigenvalue weighted by molar-refractivity contribution is -0.132. The highest BCUT2D eigenvalue weighted by Gasteiger charge is 2.25. The maximum atomic E-state index is 12.4. The third-order valence-corrected chi connectivity index (χ3v) is 3.46. The first kappa shape index (κ1) is 16.3. The smallest absolute Gasteiger partial charge is 0.233 e. The van der Waals surface area contributed by atoms with Crippen molar-refractivity contribution in [2.24, 2.45) is 16.8 Å². The van der Waals surface area contributed by atoms with Crippen LogP contribution in [0.3, 0.4) is 0 Å². The topological polar surface area (TPSA) is 78.9 Å². The summed E-state index contributed by atoms with van der Waals surface area (Å²) in [6.07, 6.45) is 1.31. The van der Waals surface area contributed by atoms with Crippen LogP contribution in [0.1, 0.15) is 25.3 Å². The van der Waals surface area contributed by atoms with Gasteiger partial charge in [-0.15, -0.1) is 0 Å². The van der Waals surface area contributed by atoms with Gasteiger partial charge >= 0.3 is 0 Å². The van der Waals surface area contributed by atoms with Crippen molar-refractivity contribution in [2.75, 3.05) is 7.05 Å². The maximum Gasteiger partial charge on any atom is 0.233 e. The number of hydrogen-bond acceptors (Lipinski definition) is 3. The number of nitrogens with two attached hydrogens (primary N) is 1. The number of carbonyl (C=O) groups is 1. The number of rotatable bonds is 6. The van der Waals surface area contributed by atoms with Crippen LogP contribution in [0.25, 0.3) is 0 Å². The molecular formula is C14H20ClN3O2. The molecule has 6 heteroatoms. The average molecular weight is 298 g/mol. The van der Waals surface area contributed by atoms with Crippen LogP contribution >= 0.6 is 11.6 Å². The molecule has 0 fully saturated rings. The number of amides is 1. The van der Waals surface area contributed by atoms with E-state index in [2.05, 4.69) is 5.16 Å². The second-order valence-corrected chi connectivity index (χ2v) is 5.06. The summed E-state index contributed by atoms with van der Waals surface area (Å²) in [4.78, 5) is 13.9. The van der Waals surface area contributed by atoms with Gasteiger partial charge in [0.1, 0.15) is 0 Å². The average Bonchev–Trinajstić information content (AvgIpc) is 2.45. The number of nitrogens with zero attached hydrogens (tertiary/aromatic N) is 2. The van der Waals surface area contributed by atoms with Gasteiger partial charge in [0.2, 0.25) is 5.91 Å². The molecule has 1 atom stereocenters. The van der Waals surface area contributed by atoms with E-state index in [1.807, 2.05) is 25.1 Å². The molecule has 0 spiro atoms. The number of halogens is 1. The van der Waals surface area contributed by atoms with Crippen LogP contribution < -0.4 is 5.73 Å². The molecule has 1 aromatic rings. The Hall–Kier alpha value is -1.75. The van der Waals surface area contributed by atoms with E-state index in [9.17, 15) is 4.79 Å². The first-order valence-corrected chi connectivity index (χ1v) is 6.84. The predicted molar refractivity (Wildman–Crippen MR) is 79.7 cm³/mol. The Labute approximate surface area is 124 Å². The summed E-state index contributed by atoms with van der Waals surface area (Å²) in [5.41, 5.74) is 6.45. The van der Waals surface area contributed by atoms with Crippen LogP contribution in [0, 0.1) is 5.92 Å². The number of hydrogen-bond donors (Lipinski definition) is 2. The zero-order chi connectivity index (χ0) is 15.1. The largest absolute Gasteiger partial charge is 0.409 e. The molecule has 0 radical (unpaired) electrons. The summed E-state index contributed by atoms with van der Waals surface area (Å²) in [5, 5.41) is 12.3. The van der Waals surface area contributed by atoms with Crippen molar-refractivity contribution >= 4 is 23.3 Å². The van der Waals surface area contributed by atoms with Gasteiger partial charge in [0.25, 0.3) is 0 Å². The highest BCUT2D eigenvalue weighted by Crippen LogP contribution is 2.18. The molecule has 1 amide bonds. The summed E-state index contributed by atoms with van der Waals surface area (Å²) in [7, 11) is 1.68. The summed E-state index contributed by atoms with van der Waals surface area (Å²) < 4.78 is 0. The van der Waals surface area contributed by atoms with E-state index < -0.39 is 5.92 Å². The van der Waals surface area contributed by atoms with Crippen molar-refractivity contribution in [3.63, 3.8) is 0 Å². The molecule has 0 aliphatic carbocycles. The zero-order valence-corrected chi connectivity index (χ0v) is 12.5. The molecule has 0 saturated carbocycles. The summed E-state index contributed by atoms with van der Waals surface area (Å²) in [6, 6.07) is 7.35. The Kier molecular flexibility index (Phi) is 6.31. The highest BCUT2D eigenvalue weighted by atomic mass is 35.5. The number of carbonyl (C=O) groups excluding carboxylic acids is 1. The van der Waals surface area contributed by atoms with Gasteiger partial charge in [0.15, 0.2) is 5.84 Å². The Morgan fingerprint density at radius 1 is 1.50 bits per heavy atom. The maximum absolute atomic E-state index is 12.4. The second kappa shape index (κ2) is 7.75. The normalized spacial score (nSPS) is 13.1. The van der Waals surface area contributed by atoms with Crippen LogP contribution in [0.15, 0.2) is 29.4 Å². The molecule has 0 bridgehead atoms. The third-order valence-electron chi connectivity index (χ3n) is 3.09. The van der Waals surface area contributed by atoms with Crippen LogP contribution in [0.4, 0.5) is 0 Å². The van der Waals surface area contributed by atoms with Crippen LogP contribution in [0.2, 0.25) is 5.02 Å². The molecule has 110 valence electrons. The summed E-state index contributed by atoms with van der Waals surface area (Å²) in [6.45, 7) is 2.33. The lowest BCUT2D eigenvalue weighted by atomic mass is 10.0. The molecule has 0 aliphatic rings. The number of benzene rings is 1. The lowest BCUT2D eigenvalue weighted by Crippen LogP contribution is -2.39. The van der Waals surface area contributed by atoms with Crippen LogP contribution in [-0.4, -0.2) is 28.9 Å². The summed E-state index contributed by atoms with van der Waals surface area (Å²) in [5.74, 6) is -0.831. The molecule has 1 rings (SSSR count). The quantitative estimate of drug-likeness (QED) is 0.366. The van der Waals surface area contributed by atoms with Crippen LogP contribution in [-0.2, 0) is 11.3 Å². The molecule has 0 aliphatic heterocycles. The van der Waals surface area contributed by atoms with E-state index in [0.29, 0.717) is 18.0 Å². The summed E-state index contributed by atoms with van der Waals surface area (Å²) >= 11 is 6.08. The fraction of sp³-hybridized carbons (Fsp3) is 0.429. The van der Waals surface area contributed by atoms with Gasteiger partial charge in [-0.3, -0.25) is 4.79 Å². The molecule has 20 heavy (non-hydrogen) atoms. The van der Waals surface area contributed by atoms with Gasteiger partial charge < -0.3 is 15.8 Å². The Balaban J connectivity index is 2.82. The van der Waals surface area contributed by atoms with Gasteiger partial charge in [0.05, 0.1) is 5.92 Å². The molecular weight excluding hydrogens is 278 g/mol. The zero-order valence-electron chi connectivity index (χ0n) is 11.7. The Bertz CT molecular complexity index is 491. The van der Waals surface area contributed by atoms with Crippen molar-refractivity contribution in [3.8, 4) is 0 Å². The van der Waals surface area contributed by atoms with Crippen molar-refractivity contribution in [2.45, 2.75) is 26.3 Å². The minimum Gasteiger partial charge on any atom is -0.409 e. The minimum absolute atomic E-state index is 0.0529. The van der Waals surface area contributed by atoms with Gasteiger partial charge in [-0.1, -0.05) is 48.3 Å². The Morgan fingerprint density at radius 2 is 2.15 bits per heavy atom. The minimum atomic E-state index is -0.600. The van der Waals surface area contributed by atoms with Crippen molar-refractivity contribution in [1.82, 2.24) is 4.90 Å². The van der Waals surface area contributed by atoms with Crippen LogP contribution in [0.5, 0.6) is 0 Å². The number of oxime groups is 1. The van der Waals surface area contributed by atoms with Gasteiger partial charge in [-0.25, -0.2) is 0 Å².